The van der Waals surface area contributed by atoms with E-state index in [1.807, 2.05) is 31.1 Å². The Hall–Kier alpha value is -2.11. The second-order valence-corrected chi connectivity index (χ2v) is 9.90. The Morgan fingerprint density at radius 1 is 0.676 bits per heavy atom. The molecule has 10 heteroatoms. The number of hydrogen-bond donors (Lipinski definition) is 0. The Bertz CT molecular complexity index is 1440. The average molecular weight is 511 g/mol. The summed E-state index contributed by atoms with van der Waals surface area (Å²) < 4.78 is 61.7. The maximum absolute atomic E-state index is 12.0. The molecule has 0 amide bonds. The Morgan fingerprint density at radius 2 is 1.06 bits per heavy atom. The molecule has 0 bridgehead atoms. The van der Waals surface area contributed by atoms with Crippen LogP contribution < -0.4 is 29.6 Å². The van der Waals surface area contributed by atoms with E-state index in [0.717, 1.165) is 10.8 Å². The zero-order valence-corrected chi connectivity index (χ0v) is 22.7. The summed E-state index contributed by atoms with van der Waals surface area (Å²) in [5.41, 5.74) is 0. The molecule has 174 valence electrons. The standard InChI is InChI=1S/C13H14O3S.C10H8O3S.CH2O.Na/c1-10(2)16-17(14,15)13-9-5-7-11-6-3-4-8-12(11)13;11-14(12,13)10-7-3-5-8-4-1-2-6-9(8)10;1-2;/h3-10H,1-2H3;1-7H,(H,11,12,13);1H2;/q;;;+1/p-1. The molecular weight excluding hydrogens is 487 g/mol. The van der Waals surface area contributed by atoms with Crippen LogP contribution in [0.15, 0.2) is 94.7 Å². The maximum Gasteiger partial charge on any atom is 1.00 e. The molecule has 7 nitrogen and oxygen atoms in total. The van der Waals surface area contributed by atoms with E-state index in [0.29, 0.717) is 10.8 Å². The monoisotopic (exact) mass is 510 g/mol. The van der Waals surface area contributed by atoms with Crippen LogP contribution in [0.5, 0.6) is 0 Å². The normalized spacial score (nSPS) is 11.1. The molecule has 0 aliphatic heterocycles. The Morgan fingerprint density at radius 3 is 1.50 bits per heavy atom. The fraction of sp³-hybridized carbons (Fsp3) is 0.125. The molecule has 0 radical (unpaired) electrons. The summed E-state index contributed by atoms with van der Waals surface area (Å²) in [5.74, 6) is 0. The molecule has 0 aliphatic carbocycles. The van der Waals surface area contributed by atoms with Gasteiger partial charge in [-0.05, 0) is 42.1 Å². The number of carbonyl (C=O) groups is 1. The number of rotatable bonds is 4. The van der Waals surface area contributed by atoms with Crippen molar-refractivity contribution in [2.45, 2.75) is 29.7 Å². The van der Waals surface area contributed by atoms with E-state index in [9.17, 15) is 21.4 Å². The third kappa shape index (κ3) is 7.71. The predicted octanol–water partition coefficient (Wildman–Crippen LogP) is 1.52. The van der Waals surface area contributed by atoms with Crippen molar-refractivity contribution in [3.8, 4) is 0 Å². The van der Waals surface area contributed by atoms with Crippen LogP contribution in [-0.2, 0) is 29.2 Å². The first-order chi connectivity index (χ1) is 15.6. The minimum Gasteiger partial charge on any atom is -0.744 e. The third-order valence-electron chi connectivity index (χ3n) is 4.36. The maximum atomic E-state index is 12.0. The first-order valence-electron chi connectivity index (χ1n) is 9.73. The van der Waals surface area contributed by atoms with Crippen LogP contribution in [0.2, 0.25) is 0 Å². The Balaban J connectivity index is 0.000000313. The van der Waals surface area contributed by atoms with Crippen molar-refractivity contribution in [3.63, 3.8) is 0 Å². The quantitative estimate of drug-likeness (QED) is 0.232. The van der Waals surface area contributed by atoms with Gasteiger partial charge in [0, 0.05) is 5.39 Å². The molecular formula is C24H23NaO7S2. The largest absolute Gasteiger partial charge is 1.00 e. The van der Waals surface area contributed by atoms with Crippen molar-refractivity contribution in [2.75, 3.05) is 0 Å². The molecule has 4 rings (SSSR count). The van der Waals surface area contributed by atoms with Crippen LogP contribution in [0.3, 0.4) is 0 Å². The number of hydrogen-bond acceptors (Lipinski definition) is 7. The number of carbonyl (C=O) groups excluding carboxylic acids is 1. The topological polar surface area (TPSA) is 118 Å². The fourth-order valence-electron chi connectivity index (χ4n) is 3.13. The summed E-state index contributed by atoms with van der Waals surface area (Å²) in [7, 11) is -8.07. The molecule has 0 unspecified atom stereocenters. The van der Waals surface area contributed by atoms with Crippen molar-refractivity contribution in [3.05, 3.63) is 84.9 Å². The molecule has 0 N–H and O–H groups in total. The second kappa shape index (κ2) is 13.1. The molecule has 34 heavy (non-hydrogen) atoms. The van der Waals surface area contributed by atoms with E-state index < -0.39 is 20.2 Å². The minimum absolute atomic E-state index is 0. The van der Waals surface area contributed by atoms with Gasteiger partial charge in [-0.2, -0.15) is 8.42 Å². The molecule has 0 aromatic heterocycles. The number of fused-ring (bicyclic) bond motifs is 2. The van der Waals surface area contributed by atoms with Crippen LogP contribution in [0, 0.1) is 0 Å². The van der Waals surface area contributed by atoms with Gasteiger partial charge >= 0.3 is 29.6 Å². The average Bonchev–Trinajstić information content (AvgIpc) is 2.78. The van der Waals surface area contributed by atoms with Gasteiger partial charge in [-0.15, -0.1) is 0 Å². The molecule has 0 spiro atoms. The molecule has 0 atom stereocenters. The fourth-order valence-corrected chi connectivity index (χ4v) is 5.14. The Labute approximate surface area is 221 Å². The Kier molecular flexibility index (Phi) is 11.5. The van der Waals surface area contributed by atoms with Gasteiger partial charge in [-0.1, -0.05) is 72.8 Å². The van der Waals surface area contributed by atoms with Crippen molar-refractivity contribution in [1.82, 2.24) is 0 Å². The van der Waals surface area contributed by atoms with E-state index in [1.165, 1.54) is 6.07 Å². The summed E-state index contributed by atoms with van der Waals surface area (Å²) in [6.45, 7) is 5.39. The minimum atomic E-state index is -4.38. The summed E-state index contributed by atoms with van der Waals surface area (Å²) in [6, 6.07) is 24.1. The summed E-state index contributed by atoms with van der Waals surface area (Å²) >= 11 is 0. The van der Waals surface area contributed by atoms with Crippen LogP contribution in [0.1, 0.15) is 13.8 Å². The molecule has 0 aliphatic rings. The zero-order chi connectivity index (χ0) is 24.6. The summed E-state index contributed by atoms with van der Waals surface area (Å²) in [5, 5.41) is 2.81. The molecule has 0 saturated carbocycles. The van der Waals surface area contributed by atoms with Crippen LogP contribution in [-0.4, -0.2) is 34.3 Å². The molecule has 4 aromatic rings. The molecule has 0 fully saturated rings. The van der Waals surface area contributed by atoms with Crippen LogP contribution in [0.25, 0.3) is 21.5 Å². The van der Waals surface area contributed by atoms with Crippen molar-refractivity contribution >= 4 is 48.6 Å². The third-order valence-corrected chi connectivity index (χ3v) is 6.78. The van der Waals surface area contributed by atoms with Gasteiger partial charge in [0.2, 0.25) is 0 Å². The molecule has 0 heterocycles. The van der Waals surface area contributed by atoms with Gasteiger partial charge in [0.25, 0.3) is 10.1 Å². The second-order valence-electron chi connectivity index (χ2n) is 7.01. The van der Waals surface area contributed by atoms with E-state index >= 15 is 0 Å². The van der Waals surface area contributed by atoms with Gasteiger partial charge in [-0.25, -0.2) is 8.42 Å². The number of benzene rings is 4. The van der Waals surface area contributed by atoms with Crippen LogP contribution >= 0.6 is 0 Å². The zero-order valence-electron chi connectivity index (χ0n) is 19.0. The van der Waals surface area contributed by atoms with Gasteiger partial charge in [-0.3, -0.25) is 4.18 Å². The summed E-state index contributed by atoms with van der Waals surface area (Å²) in [6.07, 6.45) is -0.362. The van der Waals surface area contributed by atoms with Gasteiger partial charge in [0.15, 0.2) is 0 Å². The summed E-state index contributed by atoms with van der Waals surface area (Å²) in [4.78, 5) is 8.07. The predicted molar refractivity (Wildman–Crippen MR) is 126 cm³/mol. The first kappa shape index (κ1) is 29.9. The van der Waals surface area contributed by atoms with E-state index in [2.05, 4.69) is 0 Å². The molecule has 4 aromatic carbocycles. The van der Waals surface area contributed by atoms with Crippen molar-refractivity contribution in [2.24, 2.45) is 0 Å². The van der Waals surface area contributed by atoms with Gasteiger partial charge < -0.3 is 9.35 Å². The van der Waals surface area contributed by atoms with Crippen LogP contribution in [0.4, 0.5) is 0 Å². The SMILES string of the molecule is C=O.CC(C)OS(=O)(=O)c1cccc2ccccc12.O=S(=O)([O-])c1cccc2ccccc12.[Na+]. The smallest absolute Gasteiger partial charge is 0.744 e. The van der Waals surface area contributed by atoms with Gasteiger partial charge in [0.05, 0.1) is 11.0 Å². The van der Waals surface area contributed by atoms with Gasteiger partial charge in [0.1, 0.15) is 21.8 Å². The van der Waals surface area contributed by atoms with E-state index in [-0.39, 0.29) is 45.5 Å². The van der Waals surface area contributed by atoms with Crippen molar-refractivity contribution < 1.29 is 59.9 Å². The van der Waals surface area contributed by atoms with E-state index in [4.69, 9.17) is 8.98 Å². The first-order valence-corrected chi connectivity index (χ1v) is 12.5. The van der Waals surface area contributed by atoms with E-state index in [1.54, 1.807) is 68.4 Å². The molecule has 0 saturated heterocycles. The van der Waals surface area contributed by atoms with Crippen molar-refractivity contribution in [1.29, 1.82) is 0 Å².